The van der Waals surface area contributed by atoms with Gasteiger partial charge in [-0.3, -0.25) is 4.31 Å². The number of aryl methyl sites for hydroxylation is 1. The van der Waals surface area contributed by atoms with Gasteiger partial charge in [-0.15, -0.1) is 11.3 Å². The number of carboxylic acid groups (broad SMARTS) is 1. The van der Waals surface area contributed by atoms with E-state index in [0.717, 1.165) is 23.3 Å². The van der Waals surface area contributed by atoms with Gasteiger partial charge < -0.3 is 14.9 Å². The summed E-state index contributed by atoms with van der Waals surface area (Å²) in [5.41, 5.74) is 1.58. The average molecular weight is 524 g/mol. The van der Waals surface area contributed by atoms with E-state index in [1.165, 1.54) is 22.8 Å². The minimum Gasteiger partial charge on any atom is -0.477 e. The number of methoxy groups -OCH3 is 1. The number of carbonyl (C=O) groups is 1. The SMILES string of the molecule is COC1CS(=O)(=O)N(c2ccc(C(O)CCCC(C)(C)C)cc2)C1CCCc1ccc(C(=O)O)s1. The molecule has 0 spiro atoms. The number of hydrogen-bond donors (Lipinski definition) is 2. The van der Waals surface area contributed by atoms with Gasteiger partial charge in [0, 0.05) is 12.0 Å². The van der Waals surface area contributed by atoms with Gasteiger partial charge in [0.15, 0.2) is 0 Å². The number of thiophene rings is 1. The molecular weight excluding hydrogens is 486 g/mol. The molecule has 1 aromatic heterocycles. The Morgan fingerprint density at radius 2 is 1.86 bits per heavy atom. The number of benzene rings is 1. The van der Waals surface area contributed by atoms with Crippen LogP contribution in [0.4, 0.5) is 5.69 Å². The van der Waals surface area contributed by atoms with Crippen LogP contribution in [0.25, 0.3) is 0 Å². The summed E-state index contributed by atoms with van der Waals surface area (Å²) in [6.07, 6.45) is 3.57. The summed E-state index contributed by atoms with van der Waals surface area (Å²) in [7, 11) is -2.01. The first-order chi connectivity index (χ1) is 16.4. The molecule has 1 saturated heterocycles. The van der Waals surface area contributed by atoms with E-state index in [2.05, 4.69) is 20.8 Å². The molecule has 3 atom stereocenters. The summed E-state index contributed by atoms with van der Waals surface area (Å²) in [4.78, 5) is 12.4. The summed E-state index contributed by atoms with van der Waals surface area (Å²) < 4.78 is 33.1. The lowest BCUT2D eigenvalue weighted by Crippen LogP contribution is -2.37. The maximum atomic E-state index is 13.0. The lowest BCUT2D eigenvalue weighted by Gasteiger charge is -2.28. The Morgan fingerprint density at radius 1 is 1.17 bits per heavy atom. The van der Waals surface area contributed by atoms with Gasteiger partial charge in [-0.1, -0.05) is 39.3 Å². The number of hydrogen-bond acceptors (Lipinski definition) is 6. The Balaban J connectivity index is 1.69. The first kappa shape index (κ1) is 27.6. The van der Waals surface area contributed by atoms with Crippen molar-refractivity contribution in [2.24, 2.45) is 5.41 Å². The van der Waals surface area contributed by atoms with Crippen LogP contribution in [0.2, 0.25) is 0 Å². The molecule has 2 N–H and O–H groups in total. The van der Waals surface area contributed by atoms with Gasteiger partial charge in [0.05, 0.1) is 29.7 Å². The quantitative estimate of drug-likeness (QED) is 0.417. The van der Waals surface area contributed by atoms with Gasteiger partial charge in [0.25, 0.3) is 0 Å². The number of ether oxygens (including phenoxy) is 1. The summed E-state index contributed by atoms with van der Waals surface area (Å²) in [5.74, 6) is -1.01. The normalized spacial score (nSPS) is 20.8. The Labute approximate surface area is 212 Å². The first-order valence-electron chi connectivity index (χ1n) is 12.1. The molecule has 2 aromatic rings. The van der Waals surface area contributed by atoms with Crippen LogP contribution in [-0.4, -0.2) is 49.6 Å². The fraction of sp³-hybridized carbons (Fsp3) is 0.577. The highest BCUT2D eigenvalue weighted by Crippen LogP contribution is 2.35. The molecule has 2 heterocycles. The topological polar surface area (TPSA) is 104 Å². The second kappa shape index (κ2) is 11.4. The number of aliphatic hydroxyl groups excluding tert-OH is 1. The van der Waals surface area contributed by atoms with E-state index in [4.69, 9.17) is 9.84 Å². The minimum atomic E-state index is -3.55. The van der Waals surface area contributed by atoms with E-state index >= 15 is 0 Å². The van der Waals surface area contributed by atoms with Crippen LogP contribution in [0, 0.1) is 5.41 Å². The second-order valence-corrected chi connectivity index (χ2v) is 13.5. The molecule has 9 heteroatoms. The Kier molecular flexibility index (Phi) is 9.01. The van der Waals surface area contributed by atoms with Gasteiger partial charge in [-0.25, -0.2) is 13.2 Å². The van der Waals surface area contributed by atoms with Crippen LogP contribution in [0.15, 0.2) is 36.4 Å². The van der Waals surface area contributed by atoms with Crippen molar-refractivity contribution in [2.75, 3.05) is 17.2 Å². The second-order valence-electron chi connectivity index (χ2n) is 10.4. The van der Waals surface area contributed by atoms with E-state index < -0.39 is 28.2 Å². The predicted octanol–water partition coefficient (Wildman–Crippen LogP) is 5.25. The summed E-state index contributed by atoms with van der Waals surface area (Å²) >= 11 is 1.25. The van der Waals surface area contributed by atoms with Crippen molar-refractivity contribution in [2.45, 2.75) is 77.5 Å². The van der Waals surface area contributed by atoms with Gasteiger partial charge in [-0.05, 0) is 67.3 Å². The molecule has 1 aliphatic rings. The van der Waals surface area contributed by atoms with E-state index in [1.54, 1.807) is 18.2 Å². The van der Waals surface area contributed by atoms with Crippen LogP contribution < -0.4 is 4.31 Å². The number of sulfonamides is 1. The van der Waals surface area contributed by atoms with Crippen LogP contribution in [0.5, 0.6) is 0 Å². The minimum absolute atomic E-state index is 0.0759. The Bertz CT molecular complexity index is 1090. The predicted molar refractivity (Wildman–Crippen MR) is 140 cm³/mol. The maximum Gasteiger partial charge on any atom is 0.345 e. The zero-order chi connectivity index (χ0) is 25.8. The molecule has 0 bridgehead atoms. The molecule has 35 heavy (non-hydrogen) atoms. The first-order valence-corrected chi connectivity index (χ1v) is 14.5. The van der Waals surface area contributed by atoms with E-state index in [1.807, 2.05) is 18.2 Å². The highest BCUT2D eigenvalue weighted by Gasteiger charge is 2.45. The van der Waals surface area contributed by atoms with Crippen LogP contribution in [0.1, 0.15) is 79.1 Å². The Hall–Kier alpha value is -1.94. The third-order valence-electron chi connectivity index (χ3n) is 6.44. The molecule has 3 unspecified atom stereocenters. The van der Waals surface area contributed by atoms with Crippen molar-refractivity contribution in [3.8, 4) is 0 Å². The monoisotopic (exact) mass is 523 g/mol. The summed E-state index contributed by atoms with van der Waals surface area (Å²) in [6.45, 7) is 6.55. The van der Waals surface area contributed by atoms with Crippen LogP contribution in [-0.2, 0) is 21.2 Å². The van der Waals surface area contributed by atoms with Gasteiger partial charge in [0.1, 0.15) is 4.88 Å². The van der Waals surface area contributed by atoms with Crippen molar-refractivity contribution in [3.05, 3.63) is 51.7 Å². The number of carboxylic acids is 1. The molecule has 0 aliphatic carbocycles. The molecule has 3 rings (SSSR count). The summed E-state index contributed by atoms with van der Waals surface area (Å²) in [5, 5.41) is 19.7. The third kappa shape index (κ3) is 7.29. The van der Waals surface area contributed by atoms with Gasteiger partial charge >= 0.3 is 5.97 Å². The lowest BCUT2D eigenvalue weighted by atomic mass is 9.88. The largest absolute Gasteiger partial charge is 0.477 e. The van der Waals surface area contributed by atoms with Gasteiger partial charge in [-0.2, -0.15) is 0 Å². The smallest absolute Gasteiger partial charge is 0.345 e. The fourth-order valence-electron chi connectivity index (χ4n) is 4.59. The number of aliphatic hydroxyl groups is 1. The Morgan fingerprint density at radius 3 is 2.43 bits per heavy atom. The van der Waals surface area contributed by atoms with Crippen molar-refractivity contribution in [3.63, 3.8) is 0 Å². The number of anilines is 1. The van der Waals surface area contributed by atoms with E-state index in [0.29, 0.717) is 36.2 Å². The molecule has 0 radical (unpaired) electrons. The fourth-order valence-corrected chi connectivity index (χ4v) is 7.50. The molecule has 7 nitrogen and oxygen atoms in total. The van der Waals surface area contributed by atoms with Crippen molar-refractivity contribution < 1.29 is 28.2 Å². The summed E-state index contributed by atoms with van der Waals surface area (Å²) in [6, 6.07) is 10.2. The van der Waals surface area contributed by atoms with Crippen molar-refractivity contribution >= 4 is 33.0 Å². The lowest BCUT2D eigenvalue weighted by molar-refractivity contribution is 0.0702. The van der Waals surface area contributed by atoms with Crippen molar-refractivity contribution in [1.82, 2.24) is 0 Å². The van der Waals surface area contributed by atoms with Crippen LogP contribution >= 0.6 is 11.3 Å². The van der Waals surface area contributed by atoms with E-state index in [9.17, 15) is 18.3 Å². The van der Waals surface area contributed by atoms with Crippen LogP contribution in [0.3, 0.4) is 0 Å². The molecule has 0 saturated carbocycles. The molecule has 1 aliphatic heterocycles. The van der Waals surface area contributed by atoms with Gasteiger partial charge in [0.2, 0.25) is 10.0 Å². The highest BCUT2D eigenvalue weighted by atomic mass is 32.2. The molecule has 0 amide bonds. The average Bonchev–Trinajstić information content (AvgIpc) is 3.35. The van der Waals surface area contributed by atoms with Crippen molar-refractivity contribution in [1.29, 1.82) is 0 Å². The standard InChI is InChI=1S/C26H37NO6S2/c1-26(2,3)16-6-9-22(28)18-10-12-19(13-11-18)27-21(23(33-4)17-35(27,31)32)8-5-7-20-14-15-24(34-20)25(29)30/h10-15,21-23,28H,5-9,16-17H2,1-4H3,(H,29,30). The molecule has 194 valence electrons. The number of rotatable bonds is 11. The zero-order valence-electron chi connectivity index (χ0n) is 20.9. The molecule has 1 fully saturated rings. The molecular formula is C26H37NO6S2. The zero-order valence-corrected chi connectivity index (χ0v) is 22.6. The number of nitrogens with zero attached hydrogens (tertiary/aromatic N) is 1. The van der Waals surface area contributed by atoms with E-state index in [-0.39, 0.29) is 17.2 Å². The highest BCUT2D eigenvalue weighted by molar-refractivity contribution is 7.93. The maximum absolute atomic E-state index is 13.0. The molecule has 1 aromatic carbocycles. The number of aromatic carboxylic acids is 1. The third-order valence-corrected chi connectivity index (χ3v) is 9.40.